The molecule has 0 saturated carbocycles. The second kappa shape index (κ2) is 9.62. The molecule has 1 N–H and O–H groups in total. The van der Waals surface area contributed by atoms with Crippen molar-refractivity contribution in [2.45, 2.75) is 4.90 Å². The lowest BCUT2D eigenvalue weighted by Gasteiger charge is -2.11. The molecule has 4 rings (SSSR count). The van der Waals surface area contributed by atoms with E-state index in [4.69, 9.17) is 27.9 Å². The van der Waals surface area contributed by atoms with Crippen LogP contribution in [0, 0.1) is 0 Å². The summed E-state index contributed by atoms with van der Waals surface area (Å²) in [6.45, 7) is 0. The number of fused-ring (bicyclic) bond motifs is 1. The Labute approximate surface area is 200 Å². The topological polar surface area (TPSA) is 84.8 Å². The van der Waals surface area contributed by atoms with Crippen LogP contribution < -0.4 is 9.57 Å². The van der Waals surface area contributed by atoms with Crippen molar-refractivity contribution in [1.82, 2.24) is 4.83 Å². The Morgan fingerprint density at radius 2 is 1.58 bits per heavy atom. The summed E-state index contributed by atoms with van der Waals surface area (Å²) in [7, 11) is -3.92. The molecule has 33 heavy (non-hydrogen) atoms. The van der Waals surface area contributed by atoms with E-state index in [2.05, 4.69) is 9.93 Å². The largest absolute Gasteiger partial charge is 0.422 e. The zero-order chi connectivity index (χ0) is 23.4. The number of hydrazone groups is 1. The standard InChI is InChI=1S/C24H16Cl2N2O4S/c25-17-10-12-18(13-11-17)33(30,31)28-27-15-21-19-6-2-1-5-16(19)9-14-23(21)32-24(29)20-7-3-4-8-22(20)26/h1-15,28H/b27-15-. The van der Waals surface area contributed by atoms with E-state index in [0.29, 0.717) is 10.6 Å². The number of sulfonamides is 1. The molecule has 0 heterocycles. The zero-order valence-corrected chi connectivity index (χ0v) is 19.2. The summed E-state index contributed by atoms with van der Waals surface area (Å²) in [4.78, 5) is 14.9. The van der Waals surface area contributed by atoms with Gasteiger partial charge in [-0.05, 0) is 53.2 Å². The van der Waals surface area contributed by atoms with Crippen molar-refractivity contribution in [2.24, 2.45) is 5.10 Å². The molecule has 9 heteroatoms. The third-order valence-electron chi connectivity index (χ3n) is 4.72. The smallest absolute Gasteiger partial charge is 0.345 e. The predicted octanol–water partition coefficient (Wildman–Crippen LogP) is 5.68. The van der Waals surface area contributed by atoms with Crippen molar-refractivity contribution < 1.29 is 17.9 Å². The van der Waals surface area contributed by atoms with E-state index < -0.39 is 16.0 Å². The van der Waals surface area contributed by atoms with Gasteiger partial charge in [-0.2, -0.15) is 13.5 Å². The van der Waals surface area contributed by atoms with Gasteiger partial charge in [-0.1, -0.05) is 65.7 Å². The van der Waals surface area contributed by atoms with Crippen molar-refractivity contribution in [3.8, 4) is 5.75 Å². The van der Waals surface area contributed by atoms with Crippen LogP contribution in [0.1, 0.15) is 15.9 Å². The number of halogens is 2. The molecule has 0 aromatic heterocycles. The molecule has 0 unspecified atom stereocenters. The molecule has 0 atom stereocenters. The monoisotopic (exact) mass is 498 g/mol. The first-order chi connectivity index (χ1) is 15.8. The van der Waals surface area contributed by atoms with E-state index >= 15 is 0 Å². The summed E-state index contributed by atoms with van der Waals surface area (Å²) in [5.74, 6) is -0.444. The molecular weight excluding hydrogens is 483 g/mol. The van der Waals surface area contributed by atoms with Crippen molar-refractivity contribution in [3.63, 3.8) is 0 Å². The molecule has 0 fully saturated rings. The molecule has 0 radical (unpaired) electrons. The summed E-state index contributed by atoms with van der Waals surface area (Å²) in [6.07, 6.45) is 1.30. The lowest BCUT2D eigenvalue weighted by atomic mass is 10.0. The van der Waals surface area contributed by atoms with E-state index in [9.17, 15) is 13.2 Å². The second-order valence-corrected chi connectivity index (χ2v) is 9.38. The fourth-order valence-corrected chi connectivity index (χ4v) is 4.24. The quantitative estimate of drug-likeness (QED) is 0.160. The first-order valence-corrected chi connectivity index (χ1v) is 11.9. The Morgan fingerprint density at radius 3 is 2.33 bits per heavy atom. The molecular formula is C24H16Cl2N2O4S. The van der Waals surface area contributed by atoms with E-state index in [-0.39, 0.29) is 21.2 Å². The highest BCUT2D eigenvalue weighted by Crippen LogP contribution is 2.28. The van der Waals surface area contributed by atoms with E-state index in [1.54, 1.807) is 36.4 Å². The summed E-state index contributed by atoms with van der Waals surface area (Å²) in [6, 6.07) is 23.0. The number of nitrogens with one attached hydrogen (secondary N) is 1. The second-order valence-electron chi connectivity index (χ2n) is 6.87. The molecule has 0 saturated heterocycles. The zero-order valence-electron chi connectivity index (χ0n) is 16.9. The molecule has 6 nitrogen and oxygen atoms in total. The van der Waals surface area contributed by atoms with Crippen LogP contribution in [-0.2, 0) is 10.0 Å². The van der Waals surface area contributed by atoms with Gasteiger partial charge in [0.15, 0.2) is 0 Å². The number of carbonyl (C=O) groups is 1. The molecule has 0 amide bonds. The fraction of sp³-hybridized carbons (Fsp3) is 0. The molecule has 0 bridgehead atoms. The maximum Gasteiger partial charge on any atom is 0.345 e. The predicted molar refractivity (Wildman–Crippen MR) is 130 cm³/mol. The van der Waals surface area contributed by atoms with E-state index in [1.165, 1.54) is 30.5 Å². The molecule has 0 aliphatic heterocycles. The molecule has 0 aliphatic carbocycles. The summed E-state index contributed by atoms with van der Waals surface area (Å²) in [5.41, 5.74) is 0.631. The number of esters is 1. The number of hydrogen-bond donors (Lipinski definition) is 1. The minimum Gasteiger partial charge on any atom is -0.422 e. The molecule has 0 aliphatic rings. The lowest BCUT2D eigenvalue weighted by molar-refractivity contribution is 0.0735. The van der Waals surface area contributed by atoms with Crippen LogP contribution in [0.15, 0.2) is 94.9 Å². The van der Waals surface area contributed by atoms with Gasteiger partial charge in [0, 0.05) is 10.6 Å². The van der Waals surface area contributed by atoms with Crippen LogP contribution in [0.25, 0.3) is 10.8 Å². The van der Waals surface area contributed by atoms with Gasteiger partial charge in [0.2, 0.25) is 0 Å². The average molecular weight is 499 g/mol. The third kappa shape index (κ3) is 5.17. The molecule has 166 valence electrons. The van der Waals surface area contributed by atoms with Gasteiger partial charge < -0.3 is 4.74 Å². The van der Waals surface area contributed by atoms with Crippen LogP contribution in [0.3, 0.4) is 0 Å². The number of rotatable bonds is 6. The first kappa shape index (κ1) is 22.8. The number of carbonyl (C=O) groups excluding carboxylic acids is 1. The molecule has 0 spiro atoms. The van der Waals surface area contributed by atoms with Gasteiger partial charge in [-0.15, -0.1) is 0 Å². The highest BCUT2D eigenvalue weighted by Gasteiger charge is 2.16. The number of ether oxygens (including phenoxy) is 1. The van der Waals surface area contributed by atoms with Crippen LogP contribution in [0.2, 0.25) is 10.0 Å². The lowest BCUT2D eigenvalue weighted by Crippen LogP contribution is -2.18. The Balaban J connectivity index is 1.67. The highest BCUT2D eigenvalue weighted by molar-refractivity contribution is 7.89. The van der Waals surface area contributed by atoms with E-state index in [1.807, 2.05) is 24.3 Å². The fourth-order valence-electron chi connectivity index (χ4n) is 3.11. The first-order valence-electron chi connectivity index (χ1n) is 9.64. The Hall–Kier alpha value is -3.39. The van der Waals surface area contributed by atoms with Crippen molar-refractivity contribution >= 4 is 56.2 Å². The van der Waals surface area contributed by atoms with Gasteiger partial charge in [-0.25, -0.2) is 9.63 Å². The summed E-state index contributed by atoms with van der Waals surface area (Å²) in [5, 5.41) is 6.16. The number of benzene rings is 4. The van der Waals surface area contributed by atoms with Crippen LogP contribution >= 0.6 is 23.2 Å². The van der Waals surface area contributed by atoms with Crippen molar-refractivity contribution in [3.05, 3.63) is 106 Å². The minimum absolute atomic E-state index is 0.00680. The van der Waals surface area contributed by atoms with Gasteiger partial charge in [0.25, 0.3) is 10.0 Å². The highest BCUT2D eigenvalue weighted by atomic mass is 35.5. The van der Waals surface area contributed by atoms with Crippen LogP contribution in [-0.4, -0.2) is 20.6 Å². The molecule has 4 aromatic carbocycles. The maximum absolute atomic E-state index is 12.7. The van der Waals surface area contributed by atoms with Gasteiger partial charge in [0.05, 0.1) is 21.7 Å². The molecule has 4 aromatic rings. The van der Waals surface area contributed by atoms with Crippen LogP contribution in [0.4, 0.5) is 0 Å². The Bertz CT molecular complexity index is 1470. The summed E-state index contributed by atoms with van der Waals surface area (Å²) < 4.78 is 30.6. The van der Waals surface area contributed by atoms with Crippen molar-refractivity contribution in [2.75, 3.05) is 0 Å². The SMILES string of the molecule is O=C(Oc1ccc2ccccc2c1/C=N\NS(=O)(=O)c1ccc(Cl)cc1)c1ccccc1Cl. The third-order valence-corrected chi connectivity index (χ3v) is 6.54. The van der Waals surface area contributed by atoms with E-state index in [0.717, 1.165) is 10.8 Å². The maximum atomic E-state index is 12.7. The van der Waals surface area contributed by atoms with Gasteiger partial charge >= 0.3 is 5.97 Å². The normalized spacial score (nSPS) is 11.6. The Morgan fingerprint density at radius 1 is 0.879 bits per heavy atom. The number of nitrogens with zero attached hydrogens (tertiary/aromatic N) is 1. The minimum atomic E-state index is -3.92. The van der Waals surface area contributed by atoms with Crippen LogP contribution in [0.5, 0.6) is 5.75 Å². The van der Waals surface area contributed by atoms with Gasteiger partial charge in [-0.3, -0.25) is 0 Å². The van der Waals surface area contributed by atoms with Crippen molar-refractivity contribution in [1.29, 1.82) is 0 Å². The number of hydrogen-bond acceptors (Lipinski definition) is 5. The Kier molecular flexibility index (Phi) is 6.65. The summed E-state index contributed by atoms with van der Waals surface area (Å²) >= 11 is 11.9. The van der Waals surface area contributed by atoms with Gasteiger partial charge in [0.1, 0.15) is 5.75 Å². The average Bonchev–Trinajstić information content (AvgIpc) is 2.80.